The number of hydrogen-bond donors (Lipinski definition) is 1. The van der Waals surface area contributed by atoms with E-state index in [9.17, 15) is 0 Å². The van der Waals surface area contributed by atoms with Crippen LogP contribution < -0.4 is 10.5 Å². The first-order valence-electron chi connectivity index (χ1n) is 6.43. The van der Waals surface area contributed by atoms with Gasteiger partial charge in [-0.2, -0.15) is 5.10 Å². The maximum absolute atomic E-state index is 6.19. The number of halogens is 1. The molecule has 0 fully saturated rings. The molecule has 21 heavy (non-hydrogen) atoms. The molecule has 2 aromatic carbocycles. The van der Waals surface area contributed by atoms with Crippen LogP contribution in [0.15, 0.2) is 54.7 Å². The largest absolute Gasteiger partial charge is 0.497 e. The number of nitrogen functional groups attached to an aromatic ring is 1. The molecule has 0 aliphatic heterocycles. The van der Waals surface area contributed by atoms with Crippen LogP contribution in [0.4, 0.5) is 5.69 Å². The molecular weight excluding hydrogens is 286 g/mol. The lowest BCUT2D eigenvalue weighted by atomic mass is 10.1. The average molecular weight is 300 g/mol. The van der Waals surface area contributed by atoms with Gasteiger partial charge in [0.15, 0.2) is 0 Å². The second-order valence-corrected chi connectivity index (χ2v) is 4.97. The lowest BCUT2D eigenvalue weighted by Crippen LogP contribution is -1.95. The monoisotopic (exact) mass is 299 g/mol. The molecule has 0 radical (unpaired) electrons. The van der Waals surface area contributed by atoms with Gasteiger partial charge in [0.1, 0.15) is 11.4 Å². The Morgan fingerprint density at radius 2 is 1.95 bits per heavy atom. The Morgan fingerprint density at radius 3 is 2.71 bits per heavy atom. The second-order valence-electron chi connectivity index (χ2n) is 4.56. The van der Waals surface area contributed by atoms with Crippen molar-refractivity contribution in [3.8, 4) is 22.7 Å². The first-order chi connectivity index (χ1) is 10.2. The number of rotatable bonds is 3. The van der Waals surface area contributed by atoms with Crippen LogP contribution in [0.25, 0.3) is 16.9 Å². The third-order valence-electron chi connectivity index (χ3n) is 3.18. The highest BCUT2D eigenvalue weighted by molar-refractivity contribution is 6.32. The molecule has 0 atom stereocenters. The van der Waals surface area contributed by atoms with Crippen molar-refractivity contribution in [3.05, 3.63) is 59.8 Å². The number of para-hydroxylation sites is 1. The third-order valence-corrected chi connectivity index (χ3v) is 3.50. The van der Waals surface area contributed by atoms with E-state index in [0.717, 1.165) is 17.0 Å². The molecule has 106 valence electrons. The summed E-state index contributed by atoms with van der Waals surface area (Å²) in [5.74, 6) is 0.763. The van der Waals surface area contributed by atoms with Crippen LogP contribution in [0, 0.1) is 0 Å². The maximum Gasteiger partial charge on any atom is 0.119 e. The number of ether oxygens (including phenoxy) is 1. The number of nitrogens with two attached hydrogens (primary N) is 1. The Labute approximate surface area is 127 Å². The second kappa shape index (κ2) is 5.50. The molecule has 0 saturated carbocycles. The van der Waals surface area contributed by atoms with Gasteiger partial charge < -0.3 is 10.5 Å². The van der Waals surface area contributed by atoms with Crippen molar-refractivity contribution in [2.24, 2.45) is 0 Å². The highest BCUT2D eigenvalue weighted by Gasteiger charge is 2.11. The van der Waals surface area contributed by atoms with E-state index in [1.807, 2.05) is 48.5 Å². The molecule has 0 bridgehead atoms. The molecule has 0 spiro atoms. The molecule has 0 amide bonds. The van der Waals surface area contributed by atoms with Gasteiger partial charge in [0.2, 0.25) is 0 Å². The first-order valence-corrected chi connectivity index (χ1v) is 6.81. The fourth-order valence-corrected chi connectivity index (χ4v) is 2.37. The fraction of sp³-hybridized carbons (Fsp3) is 0.0625. The molecule has 0 aliphatic rings. The van der Waals surface area contributed by atoms with Gasteiger partial charge in [-0.3, -0.25) is 0 Å². The molecule has 0 saturated heterocycles. The summed E-state index contributed by atoms with van der Waals surface area (Å²) in [5.41, 5.74) is 9.07. The molecule has 0 unspecified atom stereocenters. The quantitative estimate of drug-likeness (QED) is 0.800. The summed E-state index contributed by atoms with van der Waals surface area (Å²) in [6.45, 7) is 0. The summed E-state index contributed by atoms with van der Waals surface area (Å²) >= 11 is 6.19. The summed E-state index contributed by atoms with van der Waals surface area (Å²) in [4.78, 5) is 0. The number of aromatic nitrogens is 2. The van der Waals surface area contributed by atoms with Crippen molar-refractivity contribution in [3.63, 3.8) is 0 Å². The first kappa shape index (κ1) is 13.5. The van der Waals surface area contributed by atoms with Crippen molar-refractivity contribution in [1.82, 2.24) is 9.78 Å². The molecule has 0 aliphatic carbocycles. The lowest BCUT2D eigenvalue weighted by molar-refractivity contribution is 0.415. The zero-order valence-corrected chi connectivity index (χ0v) is 12.2. The Kier molecular flexibility index (Phi) is 3.54. The molecule has 3 rings (SSSR count). The van der Waals surface area contributed by atoms with E-state index < -0.39 is 0 Å². The lowest BCUT2D eigenvalue weighted by Gasteiger charge is -2.04. The summed E-state index contributed by atoms with van der Waals surface area (Å²) in [6.07, 6.45) is 1.76. The molecule has 3 aromatic rings. The van der Waals surface area contributed by atoms with Gasteiger partial charge in [0.25, 0.3) is 0 Å². The fourth-order valence-electron chi connectivity index (χ4n) is 2.14. The van der Waals surface area contributed by atoms with E-state index in [0.29, 0.717) is 16.4 Å². The van der Waals surface area contributed by atoms with Crippen molar-refractivity contribution < 1.29 is 4.74 Å². The summed E-state index contributed by atoms with van der Waals surface area (Å²) in [6, 6.07) is 15.1. The Hall–Kier alpha value is -2.46. The molecule has 1 aromatic heterocycles. The molecule has 2 N–H and O–H groups in total. The topological polar surface area (TPSA) is 53.1 Å². The van der Waals surface area contributed by atoms with Crippen LogP contribution in [0.1, 0.15) is 0 Å². The van der Waals surface area contributed by atoms with E-state index >= 15 is 0 Å². The minimum atomic E-state index is 0.586. The Morgan fingerprint density at radius 1 is 1.14 bits per heavy atom. The van der Waals surface area contributed by atoms with E-state index in [-0.39, 0.29) is 0 Å². The third kappa shape index (κ3) is 2.58. The molecule has 4 nitrogen and oxygen atoms in total. The SMILES string of the molecule is COc1cccc(-c2nn(-c3ccccc3Cl)cc2N)c1. The highest BCUT2D eigenvalue weighted by Crippen LogP contribution is 2.29. The van der Waals surface area contributed by atoms with E-state index in [1.54, 1.807) is 18.0 Å². The maximum atomic E-state index is 6.19. The number of methoxy groups -OCH3 is 1. The standard InChI is InChI=1S/C16H14ClN3O/c1-21-12-6-4-5-11(9-12)16-14(18)10-20(19-16)15-8-3-2-7-13(15)17/h2-10H,18H2,1H3. The van der Waals surface area contributed by atoms with Crippen molar-refractivity contribution in [2.75, 3.05) is 12.8 Å². The van der Waals surface area contributed by atoms with Crippen LogP contribution in [0.5, 0.6) is 5.75 Å². The average Bonchev–Trinajstić information content (AvgIpc) is 2.89. The minimum Gasteiger partial charge on any atom is -0.497 e. The Bertz CT molecular complexity index is 783. The Balaban J connectivity index is 2.08. The molecule has 5 heteroatoms. The van der Waals surface area contributed by atoms with Crippen LogP contribution in [0.3, 0.4) is 0 Å². The van der Waals surface area contributed by atoms with Gasteiger partial charge in [-0.05, 0) is 24.3 Å². The summed E-state index contributed by atoms with van der Waals surface area (Å²) in [5, 5.41) is 5.16. The normalized spacial score (nSPS) is 10.6. The van der Waals surface area contributed by atoms with Gasteiger partial charge in [0.05, 0.1) is 29.7 Å². The van der Waals surface area contributed by atoms with Crippen molar-refractivity contribution >= 4 is 17.3 Å². The minimum absolute atomic E-state index is 0.586. The van der Waals surface area contributed by atoms with Crippen LogP contribution in [-0.4, -0.2) is 16.9 Å². The van der Waals surface area contributed by atoms with Gasteiger partial charge in [-0.15, -0.1) is 0 Å². The predicted molar refractivity (Wildman–Crippen MR) is 85.0 cm³/mol. The van der Waals surface area contributed by atoms with Crippen molar-refractivity contribution in [2.45, 2.75) is 0 Å². The van der Waals surface area contributed by atoms with Gasteiger partial charge in [0, 0.05) is 5.56 Å². The summed E-state index contributed by atoms with van der Waals surface area (Å²) in [7, 11) is 1.63. The number of nitrogens with zero attached hydrogens (tertiary/aromatic N) is 2. The zero-order valence-electron chi connectivity index (χ0n) is 11.5. The predicted octanol–water partition coefficient (Wildman–Crippen LogP) is 3.78. The highest BCUT2D eigenvalue weighted by atomic mass is 35.5. The number of hydrogen-bond acceptors (Lipinski definition) is 3. The molecular formula is C16H14ClN3O. The molecule has 1 heterocycles. The number of benzene rings is 2. The van der Waals surface area contributed by atoms with Gasteiger partial charge in [-0.1, -0.05) is 35.9 Å². The van der Waals surface area contributed by atoms with E-state index in [2.05, 4.69) is 5.10 Å². The van der Waals surface area contributed by atoms with E-state index in [4.69, 9.17) is 22.1 Å². The van der Waals surface area contributed by atoms with Crippen molar-refractivity contribution in [1.29, 1.82) is 0 Å². The summed E-state index contributed by atoms with van der Waals surface area (Å²) < 4.78 is 6.92. The van der Waals surface area contributed by atoms with Gasteiger partial charge in [-0.25, -0.2) is 4.68 Å². The van der Waals surface area contributed by atoms with Crippen LogP contribution >= 0.6 is 11.6 Å². The number of anilines is 1. The van der Waals surface area contributed by atoms with Gasteiger partial charge >= 0.3 is 0 Å². The van der Waals surface area contributed by atoms with E-state index in [1.165, 1.54) is 0 Å². The van der Waals surface area contributed by atoms with Crippen LogP contribution in [-0.2, 0) is 0 Å². The zero-order chi connectivity index (χ0) is 14.8. The smallest absolute Gasteiger partial charge is 0.119 e. The van der Waals surface area contributed by atoms with Crippen LogP contribution in [0.2, 0.25) is 5.02 Å².